The molecule has 1 heterocycles. The van der Waals surface area contributed by atoms with Crippen molar-refractivity contribution < 1.29 is 0 Å². The first kappa shape index (κ1) is 10.2. The van der Waals surface area contributed by atoms with Crippen molar-refractivity contribution in [3.8, 4) is 0 Å². The van der Waals surface area contributed by atoms with Gasteiger partial charge in [-0.15, -0.1) is 0 Å². The maximum atomic E-state index is 4.40. The summed E-state index contributed by atoms with van der Waals surface area (Å²) < 4.78 is 0. The Balaban J connectivity index is 1.96. The molecule has 0 N–H and O–H groups in total. The van der Waals surface area contributed by atoms with Crippen LogP contribution in [0.5, 0.6) is 0 Å². The minimum absolute atomic E-state index is 0.525. The number of pyridine rings is 1. The minimum atomic E-state index is 0.525. The third-order valence-corrected chi connectivity index (χ3v) is 4.12. The molecule has 1 saturated carbocycles. The fourth-order valence-corrected chi connectivity index (χ4v) is 2.51. The van der Waals surface area contributed by atoms with E-state index in [0.29, 0.717) is 10.7 Å². The predicted molar refractivity (Wildman–Crippen MR) is 62.7 cm³/mol. The van der Waals surface area contributed by atoms with E-state index in [9.17, 15) is 0 Å². The van der Waals surface area contributed by atoms with Crippen LogP contribution in [0.3, 0.4) is 0 Å². The van der Waals surface area contributed by atoms with Crippen molar-refractivity contribution in [1.29, 1.82) is 0 Å². The Morgan fingerprint density at radius 3 is 2.86 bits per heavy atom. The summed E-state index contributed by atoms with van der Waals surface area (Å²) in [6, 6.07) is 6.15. The molecular formula is C12H16BrN. The lowest BCUT2D eigenvalue weighted by atomic mass is 9.99. The lowest BCUT2D eigenvalue weighted by Crippen LogP contribution is -2.11. The molecular weight excluding hydrogens is 238 g/mol. The van der Waals surface area contributed by atoms with Gasteiger partial charge in [0.2, 0.25) is 0 Å². The summed E-state index contributed by atoms with van der Waals surface area (Å²) in [4.78, 5) is 4.99. The molecule has 2 heteroatoms. The summed E-state index contributed by atoms with van der Waals surface area (Å²) in [5, 5.41) is 0. The SMILES string of the molecule is CC(c1ccccn1)C(Br)CC1CC1. The highest BCUT2D eigenvalue weighted by atomic mass is 79.9. The summed E-state index contributed by atoms with van der Waals surface area (Å²) >= 11 is 3.78. The third-order valence-electron chi connectivity index (χ3n) is 2.95. The van der Waals surface area contributed by atoms with Crippen molar-refractivity contribution in [2.24, 2.45) is 5.92 Å². The first-order chi connectivity index (χ1) is 6.77. The molecule has 0 saturated heterocycles. The highest BCUT2D eigenvalue weighted by Gasteiger charge is 2.27. The summed E-state index contributed by atoms with van der Waals surface area (Å²) in [6.45, 7) is 2.25. The lowest BCUT2D eigenvalue weighted by molar-refractivity contribution is 0.607. The first-order valence-corrected chi connectivity index (χ1v) is 6.24. The molecule has 0 bridgehead atoms. The van der Waals surface area contributed by atoms with Crippen LogP contribution in [0, 0.1) is 5.92 Å². The summed E-state index contributed by atoms with van der Waals surface area (Å²) in [6.07, 6.45) is 6.04. The average molecular weight is 254 g/mol. The third kappa shape index (κ3) is 2.57. The minimum Gasteiger partial charge on any atom is -0.261 e. The molecule has 1 aliphatic carbocycles. The van der Waals surface area contributed by atoms with Crippen molar-refractivity contribution in [2.75, 3.05) is 0 Å². The molecule has 0 aromatic carbocycles. The van der Waals surface area contributed by atoms with E-state index in [0.717, 1.165) is 5.92 Å². The van der Waals surface area contributed by atoms with Crippen LogP contribution in [0.25, 0.3) is 0 Å². The van der Waals surface area contributed by atoms with Gasteiger partial charge >= 0.3 is 0 Å². The Bertz CT molecular complexity index is 282. The second-order valence-corrected chi connectivity index (χ2v) is 5.41. The topological polar surface area (TPSA) is 12.9 Å². The standard InChI is InChI=1S/C12H16BrN/c1-9(11(13)8-10-5-6-10)12-4-2-3-7-14-12/h2-4,7,9-11H,5-6,8H2,1H3. The van der Waals surface area contributed by atoms with Crippen LogP contribution in [-0.4, -0.2) is 9.81 Å². The molecule has 0 spiro atoms. The molecule has 76 valence electrons. The van der Waals surface area contributed by atoms with E-state index in [2.05, 4.69) is 40.0 Å². The number of nitrogens with zero attached hydrogens (tertiary/aromatic N) is 1. The molecule has 2 rings (SSSR count). The van der Waals surface area contributed by atoms with E-state index in [1.54, 1.807) is 0 Å². The molecule has 0 amide bonds. The Kier molecular flexibility index (Phi) is 3.22. The number of aromatic nitrogens is 1. The van der Waals surface area contributed by atoms with Crippen molar-refractivity contribution in [2.45, 2.75) is 36.9 Å². The summed E-state index contributed by atoms with van der Waals surface area (Å²) in [5.74, 6) is 1.50. The van der Waals surface area contributed by atoms with Gasteiger partial charge in [-0.05, 0) is 24.5 Å². The number of halogens is 1. The second kappa shape index (κ2) is 4.43. The molecule has 2 unspecified atom stereocenters. The molecule has 1 aromatic rings. The second-order valence-electron chi connectivity index (χ2n) is 4.24. The highest BCUT2D eigenvalue weighted by Crippen LogP contribution is 2.39. The molecule has 14 heavy (non-hydrogen) atoms. The molecule has 1 aromatic heterocycles. The fraction of sp³-hybridized carbons (Fsp3) is 0.583. The van der Waals surface area contributed by atoms with Crippen LogP contribution >= 0.6 is 15.9 Å². The van der Waals surface area contributed by atoms with Crippen LogP contribution in [0.4, 0.5) is 0 Å². The largest absolute Gasteiger partial charge is 0.261 e. The Morgan fingerprint density at radius 1 is 1.50 bits per heavy atom. The van der Waals surface area contributed by atoms with Gasteiger partial charge in [-0.25, -0.2) is 0 Å². The number of hydrogen-bond donors (Lipinski definition) is 0. The van der Waals surface area contributed by atoms with Gasteiger partial charge in [0.25, 0.3) is 0 Å². The Labute approximate surface area is 94.1 Å². The van der Waals surface area contributed by atoms with Gasteiger partial charge in [0.05, 0.1) is 0 Å². The van der Waals surface area contributed by atoms with Gasteiger partial charge < -0.3 is 0 Å². The maximum Gasteiger partial charge on any atom is 0.0442 e. The van der Waals surface area contributed by atoms with Crippen LogP contribution in [-0.2, 0) is 0 Å². The van der Waals surface area contributed by atoms with Crippen LogP contribution in [0.1, 0.15) is 37.8 Å². The zero-order valence-corrected chi connectivity index (χ0v) is 10.1. The monoisotopic (exact) mass is 253 g/mol. The van der Waals surface area contributed by atoms with Gasteiger partial charge in [-0.2, -0.15) is 0 Å². The first-order valence-electron chi connectivity index (χ1n) is 5.32. The van der Waals surface area contributed by atoms with Gasteiger partial charge in [-0.3, -0.25) is 4.98 Å². The lowest BCUT2D eigenvalue weighted by Gasteiger charge is -2.17. The molecule has 2 atom stereocenters. The molecule has 0 aliphatic heterocycles. The van der Waals surface area contributed by atoms with Crippen LogP contribution < -0.4 is 0 Å². The van der Waals surface area contributed by atoms with E-state index in [1.165, 1.54) is 25.0 Å². The van der Waals surface area contributed by atoms with Gasteiger partial charge in [-0.1, -0.05) is 41.8 Å². The molecule has 1 aliphatic rings. The van der Waals surface area contributed by atoms with E-state index >= 15 is 0 Å². The Morgan fingerprint density at radius 2 is 2.29 bits per heavy atom. The van der Waals surface area contributed by atoms with E-state index in [-0.39, 0.29) is 0 Å². The van der Waals surface area contributed by atoms with Gasteiger partial charge in [0.1, 0.15) is 0 Å². The van der Waals surface area contributed by atoms with Crippen LogP contribution in [0.15, 0.2) is 24.4 Å². The van der Waals surface area contributed by atoms with Crippen molar-refractivity contribution >= 4 is 15.9 Å². The number of rotatable bonds is 4. The van der Waals surface area contributed by atoms with Crippen LogP contribution in [0.2, 0.25) is 0 Å². The van der Waals surface area contributed by atoms with Gasteiger partial charge in [0.15, 0.2) is 0 Å². The number of hydrogen-bond acceptors (Lipinski definition) is 1. The highest BCUT2D eigenvalue weighted by molar-refractivity contribution is 9.09. The van der Waals surface area contributed by atoms with E-state index < -0.39 is 0 Å². The zero-order chi connectivity index (χ0) is 9.97. The molecule has 1 nitrogen and oxygen atoms in total. The number of alkyl halides is 1. The molecule has 0 radical (unpaired) electrons. The smallest absolute Gasteiger partial charge is 0.0442 e. The summed E-state index contributed by atoms with van der Waals surface area (Å²) in [7, 11) is 0. The summed E-state index contributed by atoms with van der Waals surface area (Å²) in [5.41, 5.74) is 1.20. The van der Waals surface area contributed by atoms with Crippen molar-refractivity contribution in [3.63, 3.8) is 0 Å². The predicted octanol–water partition coefficient (Wildman–Crippen LogP) is 3.75. The van der Waals surface area contributed by atoms with E-state index in [1.807, 2.05) is 12.3 Å². The fourth-order valence-electron chi connectivity index (χ4n) is 1.71. The van der Waals surface area contributed by atoms with Crippen molar-refractivity contribution in [1.82, 2.24) is 4.98 Å². The van der Waals surface area contributed by atoms with E-state index in [4.69, 9.17) is 0 Å². The Hall–Kier alpha value is -0.370. The quantitative estimate of drug-likeness (QED) is 0.746. The maximum absolute atomic E-state index is 4.40. The normalized spacial score (nSPS) is 20.4. The average Bonchev–Trinajstić information content (AvgIpc) is 3.02. The zero-order valence-electron chi connectivity index (χ0n) is 8.49. The molecule has 1 fully saturated rings. The van der Waals surface area contributed by atoms with Gasteiger partial charge in [0, 0.05) is 22.6 Å². The van der Waals surface area contributed by atoms with Crippen molar-refractivity contribution in [3.05, 3.63) is 30.1 Å².